The van der Waals surface area contributed by atoms with Gasteiger partial charge in [-0.05, 0) is 49.7 Å². The summed E-state index contributed by atoms with van der Waals surface area (Å²) in [5.41, 5.74) is 0.994. The van der Waals surface area contributed by atoms with E-state index in [0.29, 0.717) is 36.3 Å². The number of urea groups is 1. The molecule has 0 unspecified atom stereocenters. The number of carbonyl (C=O) groups is 1. The lowest BCUT2D eigenvalue weighted by Gasteiger charge is -2.28. The summed E-state index contributed by atoms with van der Waals surface area (Å²) < 4.78 is 45.3. The minimum absolute atomic E-state index is 0.0202. The monoisotopic (exact) mass is 519 g/mol. The normalized spacial score (nSPS) is 12.9. The lowest BCUT2D eigenvalue weighted by atomic mass is 9.98. The van der Waals surface area contributed by atoms with Crippen molar-refractivity contribution in [2.75, 3.05) is 47.9 Å². The van der Waals surface area contributed by atoms with Crippen molar-refractivity contribution in [3.8, 4) is 11.1 Å². The highest BCUT2D eigenvalue weighted by Crippen LogP contribution is 2.47. The van der Waals surface area contributed by atoms with Gasteiger partial charge in [-0.25, -0.2) is 22.9 Å². The third-order valence-electron chi connectivity index (χ3n) is 5.78. The number of nitrogens with zero attached hydrogens (tertiary/aromatic N) is 3. The number of halogens is 4. The predicted molar refractivity (Wildman–Crippen MR) is 135 cm³/mol. The van der Waals surface area contributed by atoms with Crippen LogP contribution in [-0.4, -0.2) is 48.9 Å². The molecule has 190 valence electrons. The third-order valence-corrected chi connectivity index (χ3v) is 6.00. The van der Waals surface area contributed by atoms with Gasteiger partial charge in [-0.1, -0.05) is 11.6 Å². The molecule has 0 aliphatic carbocycles. The molecule has 0 atom stereocenters. The Morgan fingerprint density at radius 1 is 1.06 bits per heavy atom. The van der Waals surface area contributed by atoms with Crippen molar-refractivity contribution in [3.63, 3.8) is 0 Å². The van der Waals surface area contributed by atoms with Crippen molar-refractivity contribution in [2.24, 2.45) is 0 Å². The van der Waals surface area contributed by atoms with Crippen molar-refractivity contribution >= 4 is 40.5 Å². The van der Waals surface area contributed by atoms with Crippen molar-refractivity contribution in [2.45, 2.75) is 13.8 Å². The number of hydrogen-bond acceptors (Lipinski definition) is 5. The van der Waals surface area contributed by atoms with Gasteiger partial charge in [0.2, 0.25) is 0 Å². The molecule has 3 aromatic rings. The van der Waals surface area contributed by atoms with Gasteiger partial charge in [-0.15, -0.1) is 0 Å². The van der Waals surface area contributed by atoms with Crippen molar-refractivity contribution < 1.29 is 23.1 Å². The largest absolute Gasteiger partial charge is 0.395 e. The van der Waals surface area contributed by atoms with Crippen LogP contribution < -0.4 is 20.4 Å². The summed E-state index contributed by atoms with van der Waals surface area (Å²) in [5, 5.41) is 14.9. The van der Waals surface area contributed by atoms with E-state index < -0.39 is 29.2 Å². The van der Waals surface area contributed by atoms with E-state index in [1.54, 1.807) is 19.9 Å². The number of carbonyl (C=O) groups excluding carboxylic acids is 1. The van der Waals surface area contributed by atoms with E-state index in [1.807, 2.05) is 0 Å². The van der Waals surface area contributed by atoms with Gasteiger partial charge in [-0.2, -0.15) is 0 Å². The molecule has 0 saturated carbocycles. The number of aromatic nitrogens is 1. The smallest absolute Gasteiger partial charge is 0.334 e. The zero-order valence-corrected chi connectivity index (χ0v) is 20.5. The number of aliphatic hydroxyl groups is 1. The maximum atomic E-state index is 15.5. The molecule has 1 aromatic heterocycles. The minimum atomic E-state index is -0.973. The lowest BCUT2D eigenvalue weighted by molar-refractivity contribution is 0.253. The van der Waals surface area contributed by atoms with Crippen LogP contribution in [0.15, 0.2) is 36.5 Å². The molecule has 0 spiro atoms. The van der Waals surface area contributed by atoms with Crippen LogP contribution >= 0.6 is 11.6 Å². The molecule has 0 fully saturated rings. The maximum absolute atomic E-state index is 15.5. The average molecular weight is 520 g/mol. The van der Waals surface area contributed by atoms with Crippen molar-refractivity contribution in [1.29, 1.82) is 0 Å². The molecule has 1 aliphatic heterocycles. The summed E-state index contributed by atoms with van der Waals surface area (Å²) >= 11 is 6.30. The average Bonchev–Trinajstić information content (AvgIpc) is 2.91. The fraction of sp³-hybridized carbons (Fsp3) is 0.280. The number of aryl methyl sites for hydroxylation is 1. The number of fused-ring (bicyclic) bond motifs is 3. The van der Waals surface area contributed by atoms with E-state index in [9.17, 15) is 9.18 Å². The fourth-order valence-electron chi connectivity index (χ4n) is 4.28. The fourth-order valence-corrected chi connectivity index (χ4v) is 4.55. The molecule has 2 amide bonds. The number of nitrogens with one attached hydrogen (secondary N) is 2. The summed E-state index contributed by atoms with van der Waals surface area (Å²) in [4.78, 5) is 20.1. The Bertz CT molecular complexity index is 1280. The van der Waals surface area contributed by atoms with Crippen LogP contribution in [0.3, 0.4) is 0 Å². The summed E-state index contributed by atoms with van der Waals surface area (Å²) in [5.74, 6) is -2.39. The molecule has 0 saturated heterocycles. The molecule has 4 rings (SSSR count). The van der Waals surface area contributed by atoms with Gasteiger partial charge >= 0.3 is 6.03 Å². The summed E-state index contributed by atoms with van der Waals surface area (Å²) in [6, 6.07) is 5.73. The molecular formula is C25H25ClF3N5O2. The Labute approximate surface area is 211 Å². The molecule has 7 nitrogen and oxygen atoms in total. The first-order valence-electron chi connectivity index (χ1n) is 11.4. The second kappa shape index (κ2) is 10.7. The number of hydrogen-bond donors (Lipinski definition) is 3. The van der Waals surface area contributed by atoms with Gasteiger partial charge in [0.25, 0.3) is 0 Å². The van der Waals surface area contributed by atoms with Gasteiger partial charge in [0.05, 0.1) is 18.5 Å². The highest BCUT2D eigenvalue weighted by atomic mass is 35.5. The van der Waals surface area contributed by atoms with Crippen LogP contribution in [0.2, 0.25) is 5.02 Å². The Hall–Kier alpha value is -3.34. The van der Waals surface area contributed by atoms with E-state index in [2.05, 4.69) is 15.6 Å². The lowest BCUT2D eigenvalue weighted by Crippen LogP contribution is -2.41. The number of anilines is 4. The van der Waals surface area contributed by atoms with Crippen LogP contribution in [0.1, 0.15) is 12.5 Å². The number of amides is 2. The first kappa shape index (κ1) is 25.7. The van der Waals surface area contributed by atoms with E-state index in [4.69, 9.17) is 16.7 Å². The number of rotatable bonds is 8. The maximum Gasteiger partial charge on any atom is 0.334 e. The van der Waals surface area contributed by atoms with Gasteiger partial charge in [0.1, 0.15) is 17.3 Å². The van der Waals surface area contributed by atoms with E-state index in [-0.39, 0.29) is 35.4 Å². The molecule has 36 heavy (non-hydrogen) atoms. The van der Waals surface area contributed by atoms with E-state index >= 15 is 8.78 Å². The van der Waals surface area contributed by atoms with Crippen LogP contribution in [-0.2, 0) is 0 Å². The number of benzene rings is 2. The van der Waals surface area contributed by atoms with Gasteiger partial charge < -0.3 is 15.7 Å². The van der Waals surface area contributed by atoms with Crippen molar-refractivity contribution in [1.82, 2.24) is 10.3 Å². The Morgan fingerprint density at radius 2 is 1.78 bits per heavy atom. The second-order valence-electron chi connectivity index (χ2n) is 8.19. The molecule has 0 bridgehead atoms. The zero-order valence-electron chi connectivity index (χ0n) is 19.7. The summed E-state index contributed by atoms with van der Waals surface area (Å²) in [6.45, 7) is 4.72. The Kier molecular flexibility index (Phi) is 7.67. The highest BCUT2D eigenvalue weighted by molar-refractivity contribution is 6.31. The van der Waals surface area contributed by atoms with Gasteiger partial charge in [-0.3, -0.25) is 9.80 Å². The SMILES string of the molecule is CCN1C(=O)N(c2c(F)cc(NCCNCCO)cc2F)c2cc(Cl)cc(C)c2-c2cc(F)cnc21. The standard InChI is InChI=1S/C25H25ClF3N5O2/c1-3-33-24-18(10-16(27)13-32-24)22-14(2)8-15(26)9-21(22)34(25(33)36)23-19(28)11-17(12-20(23)29)31-5-4-30-6-7-35/h8-13,30-31,35H,3-7H2,1-2H3. The van der Waals surface area contributed by atoms with Crippen LogP contribution in [0.4, 0.5) is 40.8 Å². The second-order valence-corrected chi connectivity index (χ2v) is 8.63. The van der Waals surface area contributed by atoms with Gasteiger partial charge in [0, 0.05) is 48.0 Å². The Morgan fingerprint density at radius 3 is 2.44 bits per heavy atom. The van der Waals surface area contributed by atoms with E-state index in [1.165, 1.54) is 17.0 Å². The zero-order chi connectivity index (χ0) is 26.0. The van der Waals surface area contributed by atoms with Crippen LogP contribution in [0.5, 0.6) is 0 Å². The third kappa shape index (κ3) is 4.84. The van der Waals surface area contributed by atoms with Gasteiger partial charge in [0.15, 0.2) is 11.6 Å². The number of aliphatic hydroxyl groups excluding tert-OH is 1. The highest BCUT2D eigenvalue weighted by Gasteiger charge is 2.37. The quantitative estimate of drug-likeness (QED) is 0.356. The molecule has 2 aromatic carbocycles. The molecule has 0 radical (unpaired) electrons. The van der Waals surface area contributed by atoms with Crippen molar-refractivity contribution in [3.05, 3.63) is 64.6 Å². The minimum Gasteiger partial charge on any atom is -0.395 e. The molecular weight excluding hydrogens is 495 g/mol. The summed E-state index contributed by atoms with van der Waals surface area (Å²) in [7, 11) is 0. The topological polar surface area (TPSA) is 80.7 Å². The number of pyridine rings is 1. The first-order valence-corrected chi connectivity index (χ1v) is 11.8. The molecule has 1 aliphatic rings. The Balaban J connectivity index is 1.86. The molecule has 11 heteroatoms. The first-order chi connectivity index (χ1) is 17.3. The van der Waals surface area contributed by atoms with Crippen LogP contribution in [0.25, 0.3) is 11.1 Å². The molecule has 3 N–H and O–H groups in total. The predicted octanol–water partition coefficient (Wildman–Crippen LogP) is 5.22. The van der Waals surface area contributed by atoms with Crippen LogP contribution in [0, 0.1) is 24.4 Å². The molecule has 2 heterocycles. The van der Waals surface area contributed by atoms with E-state index in [0.717, 1.165) is 23.2 Å². The summed E-state index contributed by atoms with van der Waals surface area (Å²) in [6.07, 6.45) is 0.992.